The normalized spacial score (nSPS) is 14.9. The number of para-hydroxylation sites is 1. The molecule has 1 aliphatic rings. The van der Waals surface area contributed by atoms with Gasteiger partial charge in [-0.15, -0.1) is 0 Å². The van der Waals surface area contributed by atoms with E-state index in [1.54, 1.807) is 29.9 Å². The lowest BCUT2D eigenvalue weighted by Gasteiger charge is -2.36. The number of hydrogen-bond donors (Lipinski definition) is 0. The van der Waals surface area contributed by atoms with Crippen LogP contribution in [0.1, 0.15) is 30.0 Å². The monoisotopic (exact) mass is 357 g/mol. The first-order valence-electron chi connectivity index (χ1n) is 8.62. The number of amides is 2. The van der Waals surface area contributed by atoms with Gasteiger partial charge in [-0.1, -0.05) is 17.3 Å². The average molecular weight is 357 g/mol. The Morgan fingerprint density at radius 2 is 2.00 bits per heavy atom. The fourth-order valence-electron chi connectivity index (χ4n) is 3.21. The van der Waals surface area contributed by atoms with Gasteiger partial charge in [0.05, 0.1) is 7.11 Å². The summed E-state index contributed by atoms with van der Waals surface area (Å²) in [5, 5.41) is 4.07. The Balaban J connectivity index is 1.92. The number of hydrogen-bond acceptors (Lipinski definition) is 5. The number of piperazine rings is 1. The number of benzene rings is 1. The van der Waals surface area contributed by atoms with E-state index < -0.39 is 0 Å². The lowest BCUT2D eigenvalue weighted by Crippen LogP contribution is -2.54. The van der Waals surface area contributed by atoms with Crippen molar-refractivity contribution in [1.29, 1.82) is 0 Å². The minimum atomic E-state index is -0.249. The number of rotatable bonds is 4. The van der Waals surface area contributed by atoms with Crippen molar-refractivity contribution in [2.24, 2.45) is 0 Å². The lowest BCUT2D eigenvalue weighted by molar-refractivity contribution is -0.136. The lowest BCUT2D eigenvalue weighted by atomic mass is 10.0. The second-order valence-corrected chi connectivity index (χ2v) is 6.57. The molecule has 7 heteroatoms. The van der Waals surface area contributed by atoms with Crippen LogP contribution in [-0.4, -0.2) is 59.6 Å². The summed E-state index contributed by atoms with van der Waals surface area (Å²) in [7, 11) is 1.57. The fourth-order valence-corrected chi connectivity index (χ4v) is 3.21. The van der Waals surface area contributed by atoms with E-state index in [1.165, 1.54) is 0 Å². The Kier molecular flexibility index (Phi) is 4.97. The number of ether oxygens (including phenoxy) is 1. The predicted molar refractivity (Wildman–Crippen MR) is 96.0 cm³/mol. The van der Waals surface area contributed by atoms with Crippen LogP contribution in [0.5, 0.6) is 5.75 Å². The zero-order chi connectivity index (χ0) is 18.8. The molecule has 1 aromatic carbocycles. The predicted octanol–water partition coefficient (Wildman–Crippen LogP) is 2.35. The van der Waals surface area contributed by atoms with E-state index in [4.69, 9.17) is 9.26 Å². The molecule has 2 heterocycles. The van der Waals surface area contributed by atoms with Crippen LogP contribution in [0, 0.1) is 6.92 Å². The van der Waals surface area contributed by atoms with Gasteiger partial charge in [0, 0.05) is 24.7 Å². The van der Waals surface area contributed by atoms with Crippen LogP contribution >= 0.6 is 0 Å². The molecular weight excluding hydrogens is 334 g/mol. The first-order valence-corrected chi connectivity index (χ1v) is 8.62. The van der Waals surface area contributed by atoms with Crippen LogP contribution in [0.2, 0.25) is 0 Å². The van der Waals surface area contributed by atoms with Crippen molar-refractivity contribution < 1.29 is 18.8 Å². The van der Waals surface area contributed by atoms with Gasteiger partial charge in [0.15, 0.2) is 0 Å². The van der Waals surface area contributed by atoms with E-state index in [0.717, 1.165) is 0 Å². The van der Waals surface area contributed by atoms with Crippen LogP contribution in [-0.2, 0) is 4.79 Å². The van der Waals surface area contributed by atoms with Crippen molar-refractivity contribution in [3.63, 3.8) is 0 Å². The van der Waals surface area contributed by atoms with Gasteiger partial charge in [-0.3, -0.25) is 9.59 Å². The SMILES string of the molecule is COc1ccccc1-c1noc(C)c1C(=O)N1CCN(C(C)C)C(=O)C1. The van der Waals surface area contributed by atoms with Gasteiger partial charge in [-0.25, -0.2) is 0 Å². The third-order valence-electron chi connectivity index (χ3n) is 4.61. The van der Waals surface area contributed by atoms with Crippen LogP contribution in [0.3, 0.4) is 0 Å². The smallest absolute Gasteiger partial charge is 0.260 e. The summed E-state index contributed by atoms with van der Waals surface area (Å²) in [6, 6.07) is 7.45. The van der Waals surface area contributed by atoms with Crippen molar-refractivity contribution in [3.05, 3.63) is 35.6 Å². The maximum Gasteiger partial charge on any atom is 0.260 e. The molecular formula is C19H23N3O4. The largest absolute Gasteiger partial charge is 0.496 e. The summed E-state index contributed by atoms with van der Waals surface area (Å²) in [4.78, 5) is 28.8. The highest BCUT2D eigenvalue weighted by atomic mass is 16.5. The zero-order valence-electron chi connectivity index (χ0n) is 15.5. The molecule has 1 fully saturated rings. The first kappa shape index (κ1) is 18.0. The molecule has 0 unspecified atom stereocenters. The van der Waals surface area contributed by atoms with Crippen LogP contribution in [0.4, 0.5) is 0 Å². The highest BCUT2D eigenvalue weighted by Gasteiger charge is 2.33. The average Bonchev–Trinajstić information content (AvgIpc) is 3.01. The number of aromatic nitrogens is 1. The van der Waals surface area contributed by atoms with Gasteiger partial charge in [0.25, 0.3) is 5.91 Å². The van der Waals surface area contributed by atoms with E-state index in [1.807, 2.05) is 32.0 Å². The third-order valence-corrected chi connectivity index (χ3v) is 4.61. The number of nitrogens with zero attached hydrogens (tertiary/aromatic N) is 3. The molecule has 3 rings (SSSR count). The third kappa shape index (κ3) is 3.16. The van der Waals surface area contributed by atoms with Crippen molar-refractivity contribution in [1.82, 2.24) is 15.0 Å². The summed E-state index contributed by atoms with van der Waals surface area (Å²) in [6.07, 6.45) is 0. The first-order chi connectivity index (χ1) is 12.4. The second-order valence-electron chi connectivity index (χ2n) is 6.57. The van der Waals surface area contributed by atoms with Gasteiger partial charge >= 0.3 is 0 Å². The Bertz CT molecular complexity index is 828. The molecule has 2 aromatic rings. The molecule has 0 atom stereocenters. The van der Waals surface area contributed by atoms with E-state index in [-0.39, 0.29) is 24.4 Å². The van der Waals surface area contributed by atoms with Gasteiger partial charge in [0.2, 0.25) is 5.91 Å². The molecule has 138 valence electrons. The number of carbonyl (C=O) groups excluding carboxylic acids is 2. The number of aryl methyl sites for hydroxylation is 1. The van der Waals surface area contributed by atoms with Crippen LogP contribution in [0.25, 0.3) is 11.3 Å². The maximum absolute atomic E-state index is 13.1. The number of carbonyl (C=O) groups is 2. The Labute approximate surface area is 152 Å². The quantitative estimate of drug-likeness (QED) is 0.840. The van der Waals surface area contributed by atoms with Crippen molar-refractivity contribution in [2.75, 3.05) is 26.7 Å². The molecule has 1 aliphatic heterocycles. The molecule has 0 radical (unpaired) electrons. The second kappa shape index (κ2) is 7.19. The Hall–Kier alpha value is -2.83. The van der Waals surface area contributed by atoms with Crippen molar-refractivity contribution >= 4 is 11.8 Å². The minimum absolute atomic E-state index is 0.0486. The van der Waals surface area contributed by atoms with Gasteiger partial charge in [-0.05, 0) is 32.9 Å². The van der Waals surface area contributed by atoms with E-state index >= 15 is 0 Å². The van der Waals surface area contributed by atoms with Gasteiger partial charge in [0.1, 0.15) is 29.3 Å². The van der Waals surface area contributed by atoms with Gasteiger partial charge < -0.3 is 19.1 Å². The Morgan fingerprint density at radius 1 is 1.27 bits per heavy atom. The fraction of sp³-hybridized carbons (Fsp3) is 0.421. The molecule has 1 aromatic heterocycles. The maximum atomic E-state index is 13.1. The zero-order valence-corrected chi connectivity index (χ0v) is 15.5. The van der Waals surface area contributed by atoms with Crippen LogP contribution < -0.4 is 4.74 Å². The molecule has 7 nitrogen and oxygen atoms in total. The summed E-state index contributed by atoms with van der Waals surface area (Å²) < 4.78 is 10.7. The molecule has 26 heavy (non-hydrogen) atoms. The topological polar surface area (TPSA) is 75.9 Å². The highest BCUT2D eigenvalue weighted by Crippen LogP contribution is 2.33. The summed E-state index contributed by atoms with van der Waals surface area (Å²) >= 11 is 0. The van der Waals surface area contributed by atoms with E-state index in [2.05, 4.69) is 5.16 Å². The molecule has 0 N–H and O–H groups in total. The molecule has 0 spiro atoms. The summed E-state index contributed by atoms with van der Waals surface area (Å²) in [5.41, 5.74) is 1.49. The van der Waals surface area contributed by atoms with Crippen molar-refractivity contribution in [2.45, 2.75) is 26.8 Å². The van der Waals surface area contributed by atoms with E-state index in [9.17, 15) is 9.59 Å². The number of methoxy groups -OCH3 is 1. The highest BCUT2D eigenvalue weighted by molar-refractivity contribution is 6.03. The molecule has 0 bridgehead atoms. The standard InChI is InChI=1S/C19H23N3O4/c1-12(2)22-10-9-21(11-16(22)23)19(24)17-13(3)26-20-18(17)14-7-5-6-8-15(14)25-4/h5-8,12H,9-11H2,1-4H3. The molecule has 0 saturated carbocycles. The molecule has 0 aliphatic carbocycles. The van der Waals surface area contributed by atoms with Crippen LogP contribution in [0.15, 0.2) is 28.8 Å². The molecule has 2 amide bonds. The molecule has 1 saturated heterocycles. The minimum Gasteiger partial charge on any atom is -0.496 e. The van der Waals surface area contributed by atoms with E-state index in [0.29, 0.717) is 41.4 Å². The van der Waals surface area contributed by atoms with Crippen molar-refractivity contribution in [3.8, 4) is 17.0 Å². The summed E-state index contributed by atoms with van der Waals surface area (Å²) in [6.45, 7) is 6.71. The summed E-state index contributed by atoms with van der Waals surface area (Å²) in [5.74, 6) is 0.735. The van der Waals surface area contributed by atoms with Gasteiger partial charge in [-0.2, -0.15) is 0 Å². The Morgan fingerprint density at radius 3 is 2.65 bits per heavy atom.